The van der Waals surface area contributed by atoms with Crippen LogP contribution in [-0.4, -0.2) is 82.0 Å². The summed E-state index contributed by atoms with van der Waals surface area (Å²) >= 11 is 0. The van der Waals surface area contributed by atoms with Crippen molar-refractivity contribution in [3.05, 3.63) is 114 Å². The van der Waals surface area contributed by atoms with E-state index in [1.165, 1.54) is 0 Å². The van der Waals surface area contributed by atoms with Crippen molar-refractivity contribution in [1.82, 2.24) is 19.9 Å². The highest BCUT2D eigenvalue weighted by atomic mass is 32.2. The van der Waals surface area contributed by atoms with E-state index in [0.29, 0.717) is 24.3 Å². The van der Waals surface area contributed by atoms with Crippen LogP contribution in [0.3, 0.4) is 0 Å². The molecule has 10 N–H and O–H groups in total. The van der Waals surface area contributed by atoms with Crippen LogP contribution in [0.25, 0.3) is 11.1 Å². The van der Waals surface area contributed by atoms with E-state index in [2.05, 4.69) is 40.9 Å². The number of hydrogen-bond acceptors (Lipinski definition) is 22. The number of aromatic amines is 4. The van der Waals surface area contributed by atoms with Crippen LogP contribution in [0.1, 0.15) is 0 Å². The maximum absolute atomic E-state index is 12.6. The predicted octanol–water partition coefficient (Wildman–Crippen LogP) is 4.17. The summed E-state index contributed by atoms with van der Waals surface area (Å²) in [5, 5.41) is 48.4. The maximum atomic E-state index is 12.6. The SMILES string of the molecule is O=c1[nH]c(O)c(N=Nc2ccc(N=Nc3ccc(-c4ccc(N=Nc5ccc(N=Nc6c(O)[nH]c(=O)[nH]c6=O)c(S(=O)(=O)O)c5)cc4S(=O)(=O)O)c(S(=O)(=O)O)c3)cc2S(=O)(=O)O)c(=O)[nH]1. The number of nitrogens with one attached hydrogen (secondary N) is 4. The van der Waals surface area contributed by atoms with E-state index in [4.69, 9.17) is 0 Å². The molecule has 0 bridgehead atoms. The van der Waals surface area contributed by atoms with Gasteiger partial charge in [-0.15, -0.1) is 20.5 Å². The summed E-state index contributed by atoms with van der Waals surface area (Å²) in [4.78, 5) is 49.7. The van der Waals surface area contributed by atoms with Crippen LogP contribution in [0, 0.1) is 0 Å². The minimum atomic E-state index is -5.27. The third kappa shape index (κ3) is 11.0. The lowest BCUT2D eigenvalue weighted by Gasteiger charge is -2.12. The van der Waals surface area contributed by atoms with Crippen LogP contribution in [0.5, 0.6) is 11.8 Å². The molecule has 30 nitrogen and oxygen atoms in total. The van der Waals surface area contributed by atoms with Gasteiger partial charge in [-0.25, -0.2) is 9.59 Å². The third-order valence-electron chi connectivity index (χ3n) is 8.09. The Balaban J connectivity index is 1.32. The molecule has 0 unspecified atom stereocenters. The van der Waals surface area contributed by atoms with Gasteiger partial charge in [0, 0.05) is 11.1 Å². The first-order valence-electron chi connectivity index (χ1n) is 16.9. The van der Waals surface area contributed by atoms with E-state index >= 15 is 0 Å². The smallest absolute Gasteiger partial charge is 0.328 e. The van der Waals surface area contributed by atoms with Gasteiger partial charge in [-0.3, -0.25) is 47.7 Å². The lowest BCUT2D eigenvalue weighted by molar-refractivity contribution is 0.449. The molecule has 2 heterocycles. The minimum Gasteiger partial charge on any atom is -0.493 e. The molecule has 342 valence electrons. The van der Waals surface area contributed by atoms with Gasteiger partial charge in [0.25, 0.3) is 51.6 Å². The van der Waals surface area contributed by atoms with Crippen LogP contribution in [0.4, 0.5) is 45.5 Å². The second kappa shape index (κ2) is 17.8. The van der Waals surface area contributed by atoms with Crippen molar-refractivity contribution in [2.24, 2.45) is 40.9 Å². The Kier molecular flexibility index (Phi) is 12.8. The molecule has 66 heavy (non-hydrogen) atoms. The van der Waals surface area contributed by atoms with Crippen LogP contribution in [0.2, 0.25) is 0 Å². The first kappa shape index (κ1) is 47.4. The number of nitrogens with zero attached hydrogens (tertiary/aromatic N) is 8. The molecule has 0 aliphatic rings. The van der Waals surface area contributed by atoms with Crippen molar-refractivity contribution in [1.29, 1.82) is 0 Å². The molecule has 6 rings (SSSR count). The summed E-state index contributed by atoms with van der Waals surface area (Å²) in [6, 6.07) is 10.8. The molecule has 0 spiro atoms. The number of aromatic nitrogens is 4. The van der Waals surface area contributed by atoms with Gasteiger partial charge >= 0.3 is 11.4 Å². The van der Waals surface area contributed by atoms with E-state index < -0.39 is 128 Å². The van der Waals surface area contributed by atoms with Crippen molar-refractivity contribution >= 4 is 86.0 Å². The summed E-state index contributed by atoms with van der Waals surface area (Å²) in [7, 11) is -20.7. The van der Waals surface area contributed by atoms with E-state index in [1.807, 2.05) is 9.97 Å². The number of hydrogen-bond donors (Lipinski definition) is 10. The average Bonchev–Trinajstić information content (AvgIpc) is 3.20. The van der Waals surface area contributed by atoms with Gasteiger partial charge in [-0.1, -0.05) is 12.1 Å². The van der Waals surface area contributed by atoms with Crippen molar-refractivity contribution < 1.29 is 62.1 Å². The molecular formula is C32H22N12O18S4. The molecule has 0 amide bonds. The lowest BCUT2D eigenvalue weighted by Crippen LogP contribution is -2.20. The highest BCUT2D eigenvalue weighted by Crippen LogP contribution is 2.39. The Morgan fingerprint density at radius 1 is 0.364 bits per heavy atom. The Hall–Kier alpha value is -8.12. The van der Waals surface area contributed by atoms with Crippen molar-refractivity contribution in [2.75, 3.05) is 0 Å². The molecule has 0 fully saturated rings. The Labute approximate surface area is 364 Å². The fourth-order valence-corrected chi connectivity index (χ4v) is 8.02. The number of aromatic hydroxyl groups is 2. The molecule has 2 aromatic heterocycles. The molecule has 0 saturated carbocycles. The molecule has 0 radical (unpaired) electrons. The fraction of sp³-hybridized carbons (Fsp3) is 0. The van der Waals surface area contributed by atoms with E-state index in [1.54, 1.807) is 9.97 Å². The highest BCUT2D eigenvalue weighted by Gasteiger charge is 2.25. The van der Waals surface area contributed by atoms with Gasteiger partial charge in [-0.2, -0.15) is 54.1 Å². The van der Waals surface area contributed by atoms with Gasteiger partial charge in [-0.05, 0) is 60.7 Å². The first-order chi connectivity index (χ1) is 30.7. The summed E-state index contributed by atoms with van der Waals surface area (Å²) in [5.41, 5.74) is -9.94. The zero-order chi connectivity index (χ0) is 48.5. The van der Waals surface area contributed by atoms with Gasteiger partial charge in [0.15, 0.2) is 0 Å². The van der Waals surface area contributed by atoms with Crippen LogP contribution in [0.15, 0.2) is 152 Å². The highest BCUT2D eigenvalue weighted by molar-refractivity contribution is 7.86. The molecule has 4 aromatic carbocycles. The monoisotopic (exact) mass is 990 g/mol. The third-order valence-corrected chi connectivity index (χ3v) is 11.6. The number of benzene rings is 4. The van der Waals surface area contributed by atoms with Crippen LogP contribution in [-0.2, 0) is 40.5 Å². The molecule has 34 heteroatoms. The van der Waals surface area contributed by atoms with E-state index in [0.717, 1.165) is 48.5 Å². The quantitative estimate of drug-likeness (QED) is 0.0573. The number of rotatable bonds is 13. The van der Waals surface area contributed by atoms with Gasteiger partial charge < -0.3 is 10.2 Å². The second-order valence-corrected chi connectivity index (χ2v) is 18.1. The van der Waals surface area contributed by atoms with E-state index in [-0.39, 0.29) is 22.7 Å². The largest absolute Gasteiger partial charge is 0.493 e. The van der Waals surface area contributed by atoms with Crippen LogP contribution < -0.4 is 22.5 Å². The predicted molar refractivity (Wildman–Crippen MR) is 219 cm³/mol. The molecule has 0 aliphatic heterocycles. The van der Waals surface area contributed by atoms with Gasteiger partial charge in [0.05, 0.1) is 22.7 Å². The first-order valence-corrected chi connectivity index (χ1v) is 22.7. The summed E-state index contributed by atoms with van der Waals surface area (Å²) < 4.78 is 139. The molecule has 0 aliphatic carbocycles. The summed E-state index contributed by atoms with van der Waals surface area (Å²) in [5.74, 6) is -2.04. The topological polar surface area (TPSA) is 488 Å². The standard InChI is InChI=1S/C32H22N12O18S4/c45-27-25(28(46)34-31(49)33-27)43-41-19-7-3-15(11-23(19)65(57,58)59)39-37-13-1-5-17(21(9-13)63(51,52)53)18-6-2-14(10-22(18)64(54,55)56)38-40-16-4-8-20(24(12-16)66(60,61)62)42-44-26-29(47)35-32(50)36-30(26)48/h1-12H,(H,51,52,53)(H,54,55,56)(H,57,58,59)(H,60,61,62)(H3,33,34,45,46,49)(H3,35,36,47,48,50). The van der Waals surface area contributed by atoms with Crippen molar-refractivity contribution in [2.45, 2.75) is 19.6 Å². The fourth-order valence-electron chi connectivity index (χ4n) is 5.29. The zero-order valence-electron chi connectivity index (χ0n) is 31.7. The molecule has 0 atom stereocenters. The Morgan fingerprint density at radius 2 is 0.652 bits per heavy atom. The molecular weight excluding hydrogens is 969 g/mol. The number of H-pyrrole nitrogens is 4. The maximum Gasteiger partial charge on any atom is 0.328 e. The Bertz CT molecular complexity index is 3590. The van der Waals surface area contributed by atoms with Crippen molar-refractivity contribution in [3.63, 3.8) is 0 Å². The van der Waals surface area contributed by atoms with E-state index in [9.17, 15) is 81.3 Å². The lowest BCUT2D eigenvalue weighted by atomic mass is 10.0. The average molecular weight is 991 g/mol. The minimum absolute atomic E-state index is 0.334. The second-order valence-electron chi connectivity index (χ2n) is 12.6. The van der Waals surface area contributed by atoms with Gasteiger partial charge in [0.2, 0.25) is 23.1 Å². The molecule has 6 aromatic rings. The zero-order valence-corrected chi connectivity index (χ0v) is 35.0. The number of azo groups is 4. The Morgan fingerprint density at radius 3 is 0.939 bits per heavy atom. The molecule has 0 saturated heterocycles. The van der Waals surface area contributed by atoms with Crippen molar-refractivity contribution in [3.8, 4) is 22.9 Å². The van der Waals surface area contributed by atoms with Gasteiger partial charge in [0.1, 0.15) is 31.0 Å². The summed E-state index contributed by atoms with van der Waals surface area (Å²) in [6.07, 6.45) is 0. The summed E-state index contributed by atoms with van der Waals surface area (Å²) in [6.45, 7) is 0. The normalized spacial score (nSPS) is 12.8. The van der Waals surface area contributed by atoms with Crippen LogP contribution >= 0.6 is 0 Å².